The monoisotopic (exact) mass is 519 g/mol. The maximum absolute atomic E-state index is 13.8. The lowest BCUT2D eigenvalue weighted by Gasteiger charge is -2.25. The fourth-order valence-corrected chi connectivity index (χ4v) is 4.65. The van der Waals surface area contributed by atoms with Crippen LogP contribution in [0, 0.1) is 0 Å². The van der Waals surface area contributed by atoms with Crippen LogP contribution in [-0.2, 0) is 0 Å². The molecule has 3 aromatic carbocycles. The van der Waals surface area contributed by atoms with Crippen molar-refractivity contribution < 1.29 is 14.4 Å². The lowest BCUT2D eigenvalue weighted by molar-refractivity contribution is 0.0915. The van der Waals surface area contributed by atoms with Crippen molar-refractivity contribution in [2.45, 2.75) is 39.5 Å². The van der Waals surface area contributed by atoms with Gasteiger partial charge in [-0.15, -0.1) is 0 Å². The van der Waals surface area contributed by atoms with Gasteiger partial charge in [0.2, 0.25) is 0 Å². The number of nitrogens with one attached hydrogen (secondary N) is 2. The Morgan fingerprint density at radius 2 is 1.44 bits per heavy atom. The number of imide groups is 1. The van der Waals surface area contributed by atoms with E-state index in [1.165, 1.54) is 11.0 Å². The molecule has 0 saturated heterocycles. The number of thiocarbonyl (C=S) groups is 1. The quantitative estimate of drug-likeness (QED) is 0.296. The molecule has 6 nitrogen and oxygen atoms in total. The van der Waals surface area contributed by atoms with Gasteiger partial charge in [-0.1, -0.05) is 63.6 Å². The standard InChI is InChI=1S/C28H26ClN3O3S/c1-15(2)19-7-5-8-20(16(3)4)24(19)32-26(34)22-10-6-9-21(23(22)27(32)35)25(33)31-28(36)30-18-13-11-17(29)12-14-18/h5-16H,1-4H3,(H2,30,31,33,36). The van der Waals surface area contributed by atoms with E-state index in [-0.39, 0.29) is 33.6 Å². The molecule has 1 heterocycles. The van der Waals surface area contributed by atoms with E-state index in [0.29, 0.717) is 16.4 Å². The van der Waals surface area contributed by atoms with E-state index in [9.17, 15) is 14.4 Å². The van der Waals surface area contributed by atoms with Crippen molar-refractivity contribution in [3.8, 4) is 0 Å². The van der Waals surface area contributed by atoms with E-state index >= 15 is 0 Å². The van der Waals surface area contributed by atoms with Crippen LogP contribution in [0.25, 0.3) is 0 Å². The van der Waals surface area contributed by atoms with Crippen molar-refractivity contribution in [1.29, 1.82) is 0 Å². The number of carbonyl (C=O) groups is 3. The van der Waals surface area contributed by atoms with E-state index in [1.807, 2.05) is 45.9 Å². The third-order valence-corrected chi connectivity index (χ3v) is 6.51. The predicted molar refractivity (Wildman–Crippen MR) is 147 cm³/mol. The number of rotatable bonds is 5. The fourth-order valence-electron chi connectivity index (χ4n) is 4.31. The van der Waals surface area contributed by atoms with Crippen LogP contribution >= 0.6 is 23.8 Å². The van der Waals surface area contributed by atoms with Gasteiger partial charge >= 0.3 is 0 Å². The number of hydrogen-bond acceptors (Lipinski definition) is 4. The van der Waals surface area contributed by atoms with Crippen LogP contribution in [0.15, 0.2) is 60.7 Å². The molecule has 0 unspecified atom stereocenters. The van der Waals surface area contributed by atoms with E-state index in [2.05, 4.69) is 10.6 Å². The van der Waals surface area contributed by atoms with Gasteiger partial charge in [0.05, 0.1) is 22.4 Å². The predicted octanol–water partition coefficient (Wildman–Crippen LogP) is 6.51. The molecule has 0 bridgehead atoms. The summed E-state index contributed by atoms with van der Waals surface area (Å²) in [6, 6.07) is 17.3. The zero-order chi connectivity index (χ0) is 26.1. The average molecular weight is 520 g/mol. The molecule has 0 fully saturated rings. The highest BCUT2D eigenvalue weighted by atomic mass is 35.5. The maximum Gasteiger partial charge on any atom is 0.266 e. The molecular weight excluding hydrogens is 494 g/mol. The second-order valence-electron chi connectivity index (χ2n) is 9.18. The molecule has 3 aromatic rings. The number of halogens is 1. The van der Waals surface area contributed by atoms with E-state index in [0.717, 1.165) is 11.1 Å². The third kappa shape index (κ3) is 4.76. The zero-order valence-corrected chi connectivity index (χ0v) is 22.0. The normalized spacial score (nSPS) is 12.8. The first-order valence-corrected chi connectivity index (χ1v) is 12.4. The van der Waals surface area contributed by atoms with Crippen LogP contribution in [0.3, 0.4) is 0 Å². The third-order valence-electron chi connectivity index (χ3n) is 6.05. The molecule has 36 heavy (non-hydrogen) atoms. The van der Waals surface area contributed by atoms with Crippen molar-refractivity contribution in [3.63, 3.8) is 0 Å². The van der Waals surface area contributed by atoms with Gasteiger partial charge in [0.15, 0.2) is 5.11 Å². The van der Waals surface area contributed by atoms with E-state index in [1.54, 1.807) is 36.4 Å². The molecular formula is C28H26ClN3O3S. The first-order chi connectivity index (χ1) is 17.1. The maximum atomic E-state index is 13.8. The second kappa shape index (κ2) is 10.2. The summed E-state index contributed by atoms with van der Waals surface area (Å²) >= 11 is 11.2. The topological polar surface area (TPSA) is 78.5 Å². The second-order valence-corrected chi connectivity index (χ2v) is 10.0. The molecule has 8 heteroatoms. The molecule has 184 valence electrons. The van der Waals surface area contributed by atoms with Crippen LogP contribution in [0.4, 0.5) is 11.4 Å². The molecule has 2 N–H and O–H groups in total. The minimum absolute atomic E-state index is 0.0563. The largest absolute Gasteiger partial charge is 0.332 e. The van der Waals surface area contributed by atoms with Gasteiger partial charge in [0, 0.05) is 10.7 Å². The Bertz CT molecular complexity index is 1360. The molecule has 0 radical (unpaired) electrons. The fraction of sp³-hybridized carbons (Fsp3) is 0.214. The number of anilines is 2. The summed E-state index contributed by atoms with van der Waals surface area (Å²) in [5, 5.41) is 6.14. The van der Waals surface area contributed by atoms with E-state index < -0.39 is 17.7 Å². The van der Waals surface area contributed by atoms with Gasteiger partial charge < -0.3 is 5.32 Å². The number of fused-ring (bicyclic) bond motifs is 1. The highest BCUT2D eigenvalue weighted by Gasteiger charge is 2.41. The van der Waals surface area contributed by atoms with Gasteiger partial charge in [-0.05, 0) is 71.6 Å². The molecule has 1 aliphatic rings. The molecule has 3 amide bonds. The first kappa shape index (κ1) is 25.5. The Hall–Kier alpha value is -3.55. The SMILES string of the molecule is CC(C)c1cccc(C(C)C)c1N1C(=O)c2cccc(C(=O)NC(=S)Nc3ccc(Cl)cc3)c2C1=O. The number of hydrogen-bond donors (Lipinski definition) is 2. The van der Waals surface area contributed by atoms with Gasteiger partial charge in [0.25, 0.3) is 17.7 Å². The Balaban J connectivity index is 1.68. The van der Waals surface area contributed by atoms with Crippen molar-refractivity contribution in [3.05, 3.63) is 93.5 Å². The summed E-state index contributed by atoms with van der Waals surface area (Å²) in [7, 11) is 0. The van der Waals surface area contributed by atoms with Gasteiger partial charge in [-0.3, -0.25) is 19.7 Å². The minimum atomic E-state index is -0.581. The van der Waals surface area contributed by atoms with Gasteiger partial charge in [-0.2, -0.15) is 0 Å². The molecule has 0 aliphatic carbocycles. The molecule has 0 atom stereocenters. The highest BCUT2D eigenvalue weighted by Crippen LogP contribution is 2.40. The van der Waals surface area contributed by atoms with E-state index in [4.69, 9.17) is 23.8 Å². The average Bonchev–Trinajstić information content (AvgIpc) is 3.09. The summed E-state index contributed by atoms with van der Waals surface area (Å²) in [4.78, 5) is 41.7. The minimum Gasteiger partial charge on any atom is -0.332 e. The summed E-state index contributed by atoms with van der Waals surface area (Å²) < 4.78 is 0. The summed E-state index contributed by atoms with van der Waals surface area (Å²) in [5.41, 5.74) is 3.39. The van der Waals surface area contributed by atoms with Crippen molar-refractivity contribution in [2.24, 2.45) is 0 Å². The number of para-hydroxylation sites is 1. The molecule has 0 aromatic heterocycles. The smallest absolute Gasteiger partial charge is 0.266 e. The first-order valence-electron chi connectivity index (χ1n) is 11.6. The van der Waals surface area contributed by atoms with Crippen molar-refractivity contribution in [2.75, 3.05) is 10.2 Å². The van der Waals surface area contributed by atoms with Crippen LogP contribution in [0.2, 0.25) is 5.02 Å². The summed E-state index contributed by atoms with van der Waals surface area (Å²) in [6.45, 7) is 8.09. The lowest BCUT2D eigenvalue weighted by Crippen LogP contribution is -2.35. The molecule has 1 aliphatic heterocycles. The van der Waals surface area contributed by atoms with Crippen LogP contribution in [-0.4, -0.2) is 22.8 Å². The number of carbonyl (C=O) groups excluding carboxylic acids is 3. The molecule has 0 saturated carbocycles. The highest BCUT2D eigenvalue weighted by molar-refractivity contribution is 7.80. The zero-order valence-electron chi connectivity index (χ0n) is 20.4. The van der Waals surface area contributed by atoms with Crippen LogP contribution < -0.4 is 15.5 Å². The Morgan fingerprint density at radius 1 is 0.861 bits per heavy atom. The lowest BCUT2D eigenvalue weighted by atomic mass is 9.92. The summed E-state index contributed by atoms with van der Waals surface area (Å²) in [5.74, 6) is -1.37. The Morgan fingerprint density at radius 3 is 2.03 bits per heavy atom. The van der Waals surface area contributed by atoms with Crippen LogP contribution in [0.1, 0.15) is 81.7 Å². The van der Waals surface area contributed by atoms with Gasteiger partial charge in [0.1, 0.15) is 0 Å². The van der Waals surface area contributed by atoms with Crippen molar-refractivity contribution >= 4 is 58.0 Å². The Kier molecular flexibility index (Phi) is 7.24. The van der Waals surface area contributed by atoms with Crippen LogP contribution in [0.5, 0.6) is 0 Å². The Labute approximate surface area is 220 Å². The number of amides is 3. The molecule has 0 spiro atoms. The summed E-state index contributed by atoms with van der Waals surface area (Å²) in [6.07, 6.45) is 0. The molecule has 4 rings (SSSR count). The number of benzene rings is 3. The number of nitrogens with zero attached hydrogens (tertiary/aromatic N) is 1. The van der Waals surface area contributed by atoms with Crippen molar-refractivity contribution in [1.82, 2.24) is 5.32 Å². The van der Waals surface area contributed by atoms with Gasteiger partial charge in [-0.25, -0.2) is 4.90 Å².